The molecule has 0 aliphatic carbocycles. The SMILES string of the molecule is C[C@@H]1CN(Cc2ccc(F)cc2CN)C[C@H](C)O1. The lowest BCUT2D eigenvalue weighted by atomic mass is 10.1. The average molecular weight is 252 g/mol. The van der Waals surface area contributed by atoms with Crippen LogP contribution < -0.4 is 5.73 Å². The number of rotatable bonds is 3. The second-order valence-corrected chi connectivity index (χ2v) is 5.07. The topological polar surface area (TPSA) is 38.5 Å². The molecule has 1 aromatic rings. The van der Waals surface area contributed by atoms with Gasteiger partial charge in [-0.1, -0.05) is 6.07 Å². The molecule has 1 aromatic carbocycles. The van der Waals surface area contributed by atoms with Crippen LogP contribution in [0.3, 0.4) is 0 Å². The fraction of sp³-hybridized carbons (Fsp3) is 0.571. The van der Waals surface area contributed by atoms with Crippen LogP contribution in [0.4, 0.5) is 4.39 Å². The molecular formula is C14H21FN2O. The molecule has 3 nitrogen and oxygen atoms in total. The highest BCUT2D eigenvalue weighted by molar-refractivity contribution is 5.27. The minimum Gasteiger partial charge on any atom is -0.373 e. The summed E-state index contributed by atoms with van der Waals surface area (Å²) in [5.74, 6) is -0.220. The molecule has 4 heteroatoms. The molecule has 0 bridgehead atoms. The smallest absolute Gasteiger partial charge is 0.123 e. The standard InChI is InChI=1S/C14H21FN2O/c1-10-7-17(8-11(2)18-10)9-12-3-4-14(15)5-13(12)6-16/h3-5,10-11H,6-9,16H2,1-2H3/t10-,11+. The van der Waals surface area contributed by atoms with Crippen molar-refractivity contribution in [1.82, 2.24) is 4.90 Å². The zero-order valence-electron chi connectivity index (χ0n) is 11.0. The third-order valence-corrected chi connectivity index (χ3v) is 3.28. The largest absolute Gasteiger partial charge is 0.373 e. The van der Waals surface area contributed by atoms with Gasteiger partial charge < -0.3 is 10.5 Å². The highest BCUT2D eigenvalue weighted by Crippen LogP contribution is 2.17. The first-order valence-corrected chi connectivity index (χ1v) is 6.43. The van der Waals surface area contributed by atoms with Gasteiger partial charge in [0.05, 0.1) is 12.2 Å². The molecule has 18 heavy (non-hydrogen) atoms. The van der Waals surface area contributed by atoms with Gasteiger partial charge in [0.15, 0.2) is 0 Å². The van der Waals surface area contributed by atoms with E-state index in [1.807, 2.05) is 6.07 Å². The third-order valence-electron chi connectivity index (χ3n) is 3.28. The van der Waals surface area contributed by atoms with Crippen molar-refractivity contribution < 1.29 is 9.13 Å². The molecule has 1 heterocycles. The van der Waals surface area contributed by atoms with E-state index in [1.165, 1.54) is 12.1 Å². The molecule has 1 aliphatic heterocycles. The van der Waals surface area contributed by atoms with Crippen LogP contribution in [-0.4, -0.2) is 30.2 Å². The molecule has 2 N–H and O–H groups in total. The van der Waals surface area contributed by atoms with E-state index >= 15 is 0 Å². The van der Waals surface area contributed by atoms with Gasteiger partial charge in [0.2, 0.25) is 0 Å². The predicted molar refractivity (Wildman–Crippen MR) is 69.6 cm³/mol. The van der Waals surface area contributed by atoms with Gasteiger partial charge in [0, 0.05) is 26.2 Å². The Labute approximate surface area is 108 Å². The van der Waals surface area contributed by atoms with Crippen LogP contribution in [0.1, 0.15) is 25.0 Å². The second kappa shape index (κ2) is 5.78. The molecule has 1 fully saturated rings. The maximum Gasteiger partial charge on any atom is 0.123 e. The summed E-state index contributed by atoms with van der Waals surface area (Å²) in [6.45, 7) is 7.17. The van der Waals surface area contributed by atoms with Gasteiger partial charge in [-0.3, -0.25) is 4.90 Å². The molecule has 0 aromatic heterocycles. The molecule has 2 rings (SSSR count). The van der Waals surface area contributed by atoms with Crippen LogP contribution in [0.25, 0.3) is 0 Å². The summed E-state index contributed by atoms with van der Waals surface area (Å²) in [6.07, 6.45) is 0.492. The van der Waals surface area contributed by atoms with Crippen molar-refractivity contribution >= 4 is 0 Å². The van der Waals surface area contributed by atoms with E-state index in [-0.39, 0.29) is 18.0 Å². The molecule has 0 unspecified atom stereocenters. The summed E-state index contributed by atoms with van der Waals surface area (Å²) in [6, 6.07) is 4.87. The predicted octanol–water partition coefficient (Wildman–Crippen LogP) is 1.89. The first-order valence-electron chi connectivity index (χ1n) is 6.43. The van der Waals surface area contributed by atoms with Gasteiger partial charge in [-0.05, 0) is 37.1 Å². The van der Waals surface area contributed by atoms with Crippen molar-refractivity contribution in [3.8, 4) is 0 Å². The van der Waals surface area contributed by atoms with Crippen LogP contribution in [-0.2, 0) is 17.8 Å². The lowest BCUT2D eigenvalue weighted by molar-refractivity contribution is -0.0705. The van der Waals surface area contributed by atoms with Crippen LogP contribution in [0.5, 0.6) is 0 Å². The number of halogens is 1. The van der Waals surface area contributed by atoms with Gasteiger partial charge >= 0.3 is 0 Å². The van der Waals surface area contributed by atoms with Gasteiger partial charge in [-0.15, -0.1) is 0 Å². The summed E-state index contributed by atoms with van der Waals surface area (Å²) < 4.78 is 18.9. The van der Waals surface area contributed by atoms with E-state index in [0.29, 0.717) is 6.54 Å². The Bertz CT molecular complexity index is 401. The Hall–Kier alpha value is -0.970. The Balaban J connectivity index is 2.08. The Morgan fingerprint density at radius 3 is 2.56 bits per heavy atom. The monoisotopic (exact) mass is 252 g/mol. The maximum absolute atomic E-state index is 13.1. The van der Waals surface area contributed by atoms with Gasteiger partial charge in [-0.2, -0.15) is 0 Å². The lowest BCUT2D eigenvalue weighted by Gasteiger charge is -2.35. The van der Waals surface area contributed by atoms with Gasteiger partial charge in [-0.25, -0.2) is 4.39 Å². The number of ether oxygens (including phenoxy) is 1. The quantitative estimate of drug-likeness (QED) is 0.893. The van der Waals surface area contributed by atoms with Crippen molar-refractivity contribution in [2.45, 2.75) is 39.1 Å². The zero-order valence-corrected chi connectivity index (χ0v) is 11.0. The Morgan fingerprint density at radius 1 is 1.28 bits per heavy atom. The van der Waals surface area contributed by atoms with Crippen molar-refractivity contribution in [3.63, 3.8) is 0 Å². The van der Waals surface area contributed by atoms with Crippen LogP contribution in [0.15, 0.2) is 18.2 Å². The number of hydrogen-bond acceptors (Lipinski definition) is 3. The molecule has 0 radical (unpaired) electrons. The number of nitrogens with two attached hydrogens (primary N) is 1. The lowest BCUT2D eigenvalue weighted by Crippen LogP contribution is -2.44. The summed E-state index contributed by atoms with van der Waals surface area (Å²) >= 11 is 0. The fourth-order valence-electron chi connectivity index (χ4n) is 2.59. The first kappa shape index (κ1) is 13.5. The molecule has 0 spiro atoms. The minimum atomic E-state index is -0.220. The summed E-state index contributed by atoms with van der Waals surface area (Å²) in [5.41, 5.74) is 7.67. The van der Waals surface area contributed by atoms with Crippen molar-refractivity contribution in [2.24, 2.45) is 5.73 Å². The molecule has 2 atom stereocenters. The van der Waals surface area contributed by atoms with Crippen molar-refractivity contribution in [1.29, 1.82) is 0 Å². The van der Waals surface area contributed by atoms with Crippen LogP contribution in [0, 0.1) is 5.82 Å². The van der Waals surface area contributed by atoms with Gasteiger partial charge in [0.1, 0.15) is 5.82 Å². The molecule has 0 amide bonds. The molecule has 1 saturated heterocycles. The molecule has 0 saturated carbocycles. The number of benzene rings is 1. The highest BCUT2D eigenvalue weighted by atomic mass is 19.1. The van der Waals surface area contributed by atoms with E-state index in [2.05, 4.69) is 18.7 Å². The Kier molecular flexibility index (Phi) is 4.32. The van der Waals surface area contributed by atoms with Crippen LogP contribution in [0.2, 0.25) is 0 Å². The first-order chi connectivity index (χ1) is 8.58. The van der Waals surface area contributed by atoms with Crippen LogP contribution >= 0.6 is 0 Å². The summed E-state index contributed by atoms with van der Waals surface area (Å²) in [7, 11) is 0. The number of nitrogens with zero attached hydrogens (tertiary/aromatic N) is 1. The number of morpholine rings is 1. The van der Waals surface area contributed by atoms with Gasteiger partial charge in [0.25, 0.3) is 0 Å². The normalized spacial score (nSPS) is 25.3. The number of hydrogen-bond donors (Lipinski definition) is 1. The van der Waals surface area contributed by atoms with E-state index in [4.69, 9.17) is 10.5 Å². The van der Waals surface area contributed by atoms with E-state index in [0.717, 1.165) is 30.8 Å². The zero-order chi connectivity index (χ0) is 13.1. The summed E-state index contributed by atoms with van der Waals surface area (Å²) in [5, 5.41) is 0. The average Bonchev–Trinajstić information content (AvgIpc) is 2.30. The third kappa shape index (κ3) is 3.28. The maximum atomic E-state index is 13.1. The highest BCUT2D eigenvalue weighted by Gasteiger charge is 2.22. The minimum absolute atomic E-state index is 0.220. The molecular weight excluding hydrogens is 231 g/mol. The fourth-order valence-corrected chi connectivity index (χ4v) is 2.59. The summed E-state index contributed by atoms with van der Waals surface area (Å²) in [4.78, 5) is 2.34. The van der Waals surface area contributed by atoms with E-state index in [1.54, 1.807) is 0 Å². The molecule has 1 aliphatic rings. The van der Waals surface area contributed by atoms with Crippen molar-refractivity contribution in [3.05, 3.63) is 35.1 Å². The van der Waals surface area contributed by atoms with E-state index in [9.17, 15) is 4.39 Å². The second-order valence-electron chi connectivity index (χ2n) is 5.07. The molecule has 100 valence electrons. The van der Waals surface area contributed by atoms with Crippen molar-refractivity contribution in [2.75, 3.05) is 13.1 Å². The Morgan fingerprint density at radius 2 is 1.94 bits per heavy atom. The van der Waals surface area contributed by atoms with E-state index < -0.39 is 0 Å².